The van der Waals surface area contributed by atoms with E-state index < -0.39 is 24.0 Å². The number of nitrogens with zero attached hydrogens (tertiary/aromatic N) is 2. The van der Waals surface area contributed by atoms with Gasteiger partial charge in [-0.2, -0.15) is 5.10 Å². The van der Waals surface area contributed by atoms with Gasteiger partial charge in [-0.3, -0.25) is 9.59 Å². The van der Waals surface area contributed by atoms with Gasteiger partial charge in [-0.1, -0.05) is 72.3 Å². The van der Waals surface area contributed by atoms with Gasteiger partial charge in [0.05, 0.1) is 12.8 Å². The molecule has 0 saturated carbocycles. The average Bonchev–Trinajstić information content (AvgIpc) is 2.87. The van der Waals surface area contributed by atoms with Gasteiger partial charge in [0.1, 0.15) is 12.1 Å². The van der Waals surface area contributed by atoms with Gasteiger partial charge in [-0.25, -0.2) is 9.48 Å². The number of methoxy groups -OCH3 is 1. The summed E-state index contributed by atoms with van der Waals surface area (Å²) in [5.41, 5.74) is 2.45. The first-order valence-corrected chi connectivity index (χ1v) is 11.2. The van der Waals surface area contributed by atoms with Crippen molar-refractivity contribution in [1.29, 1.82) is 0 Å². The molecule has 0 unspecified atom stereocenters. The first-order chi connectivity index (χ1) is 16.9. The molecule has 7 nitrogen and oxygen atoms in total. The second-order valence-electron chi connectivity index (χ2n) is 7.79. The SMILES string of the molecule is COC(=O)c1c(-c2ccccc2)c(-c2ccccc2)nn(CC(=O)Nc2ccc(Cl)cc2C)c1=O. The Balaban J connectivity index is 1.86. The average molecular weight is 488 g/mol. The summed E-state index contributed by atoms with van der Waals surface area (Å²) >= 11 is 5.99. The lowest BCUT2D eigenvalue weighted by atomic mass is 9.95. The van der Waals surface area contributed by atoms with Crippen LogP contribution in [0.2, 0.25) is 5.02 Å². The number of amides is 1. The third-order valence-electron chi connectivity index (χ3n) is 5.41. The molecular weight excluding hydrogens is 466 g/mol. The van der Waals surface area contributed by atoms with Crippen LogP contribution in [-0.4, -0.2) is 28.8 Å². The Morgan fingerprint density at radius 2 is 1.60 bits per heavy atom. The van der Waals surface area contributed by atoms with Crippen molar-refractivity contribution in [3.63, 3.8) is 0 Å². The number of aryl methyl sites for hydroxylation is 1. The Kier molecular flexibility index (Phi) is 7.08. The standard InChI is InChI=1S/C27H22ClN3O4/c1-17-15-20(28)13-14-21(17)29-22(32)16-31-26(33)24(27(34)35-2)23(18-9-5-3-6-10-18)25(30-31)19-11-7-4-8-12-19/h3-15H,16H2,1-2H3,(H,29,32). The van der Waals surface area contributed by atoms with Crippen molar-refractivity contribution in [2.45, 2.75) is 13.5 Å². The first kappa shape index (κ1) is 23.9. The summed E-state index contributed by atoms with van der Waals surface area (Å²) in [6.07, 6.45) is 0. The topological polar surface area (TPSA) is 90.3 Å². The zero-order valence-electron chi connectivity index (χ0n) is 19.1. The predicted octanol–water partition coefficient (Wildman–Crippen LogP) is 4.96. The van der Waals surface area contributed by atoms with E-state index in [1.54, 1.807) is 42.5 Å². The maximum Gasteiger partial charge on any atom is 0.344 e. The van der Waals surface area contributed by atoms with E-state index in [2.05, 4.69) is 10.4 Å². The van der Waals surface area contributed by atoms with Crippen LogP contribution in [0.5, 0.6) is 0 Å². The third-order valence-corrected chi connectivity index (χ3v) is 5.65. The van der Waals surface area contributed by atoms with Crippen LogP contribution in [0.25, 0.3) is 22.4 Å². The lowest BCUT2D eigenvalue weighted by Gasteiger charge is -2.16. The fourth-order valence-corrected chi connectivity index (χ4v) is 3.97. The number of benzene rings is 3. The van der Waals surface area contributed by atoms with Crippen molar-refractivity contribution in [2.24, 2.45) is 0 Å². The molecule has 0 atom stereocenters. The molecule has 1 aromatic heterocycles. The van der Waals surface area contributed by atoms with Crippen molar-refractivity contribution in [1.82, 2.24) is 9.78 Å². The number of hydrogen-bond donors (Lipinski definition) is 1. The highest BCUT2D eigenvalue weighted by Gasteiger charge is 2.26. The molecule has 3 aromatic carbocycles. The maximum atomic E-state index is 13.4. The van der Waals surface area contributed by atoms with Gasteiger partial charge < -0.3 is 10.1 Å². The molecular formula is C27H22ClN3O4. The van der Waals surface area contributed by atoms with Crippen LogP contribution in [0.4, 0.5) is 5.69 Å². The number of hydrogen-bond acceptors (Lipinski definition) is 5. The van der Waals surface area contributed by atoms with E-state index in [9.17, 15) is 14.4 Å². The molecule has 0 fully saturated rings. The van der Waals surface area contributed by atoms with Crippen LogP contribution in [-0.2, 0) is 16.1 Å². The van der Waals surface area contributed by atoms with Crippen molar-refractivity contribution in [3.8, 4) is 22.4 Å². The molecule has 4 aromatic rings. The Morgan fingerprint density at radius 3 is 2.20 bits per heavy atom. The highest BCUT2D eigenvalue weighted by atomic mass is 35.5. The normalized spacial score (nSPS) is 10.6. The molecule has 0 aliphatic heterocycles. The molecule has 0 radical (unpaired) electrons. The minimum atomic E-state index is -0.809. The second-order valence-corrected chi connectivity index (χ2v) is 8.23. The van der Waals surface area contributed by atoms with Crippen molar-refractivity contribution >= 4 is 29.2 Å². The Labute approximate surface area is 206 Å². The van der Waals surface area contributed by atoms with Crippen LogP contribution in [0, 0.1) is 6.92 Å². The number of aromatic nitrogens is 2. The monoisotopic (exact) mass is 487 g/mol. The zero-order valence-corrected chi connectivity index (χ0v) is 19.9. The number of carbonyl (C=O) groups is 2. The van der Waals surface area contributed by atoms with Crippen LogP contribution in [0.1, 0.15) is 15.9 Å². The summed E-state index contributed by atoms with van der Waals surface area (Å²) in [6, 6.07) is 23.2. The summed E-state index contributed by atoms with van der Waals surface area (Å²) in [4.78, 5) is 39.2. The highest BCUT2D eigenvalue weighted by molar-refractivity contribution is 6.30. The number of anilines is 1. The third kappa shape index (κ3) is 5.15. The van der Waals surface area contributed by atoms with Crippen molar-refractivity contribution < 1.29 is 14.3 Å². The van der Waals surface area contributed by atoms with Crippen molar-refractivity contribution in [3.05, 3.63) is 105 Å². The van der Waals surface area contributed by atoms with E-state index in [1.807, 2.05) is 43.3 Å². The largest absolute Gasteiger partial charge is 0.465 e. The number of esters is 1. The first-order valence-electron chi connectivity index (χ1n) is 10.8. The van der Waals surface area contributed by atoms with E-state index in [1.165, 1.54) is 7.11 Å². The summed E-state index contributed by atoms with van der Waals surface area (Å²) in [5.74, 6) is -1.29. The van der Waals surface area contributed by atoms with Gasteiger partial charge in [-0.05, 0) is 36.2 Å². The van der Waals surface area contributed by atoms with Gasteiger partial charge >= 0.3 is 5.97 Å². The van der Waals surface area contributed by atoms with E-state index in [-0.39, 0.29) is 5.56 Å². The lowest BCUT2D eigenvalue weighted by Crippen LogP contribution is -2.34. The number of carbonyl (C=O) groups excluding carboxylic acids is 2. The summed E-state index contributed by atoms with van der Waals surface area (Å²) < 4.78 is 5.95. The Morgan fingerprint density at radius 1 is 0.971 bits per heavy atom. The quantitative estimate of drug-likeness (QED) is 0.388. The van der Waals surface area contributed by atoms with E-state index >= 15 is 0 Å². The molecule has 0 aliphatic carbocycles. The maximum absolute atomic E-state index is 13.4. The fraction of sp³-hybridized carbons (Fsp3) is 0.111. The number of ether oxygens (including phenoxy) is 1. The second kappa shape index (κ2) is 10.4. The molecule has 1 heterocycles. The van der Waals surface area contributed by atoms with Crippen LogP contribution < -0.4 is 10.9 Å². The summed E-state index contributed by atoms with van der Waals surface area (Å²) in [6.45, 7) is 1.41. The highest BCUT2D eigenvalue weighted by Crippen LogP contribution is 2.32. The molecule has 0 aliphatic rings. The molecule has 4 rings (SSSR count). The fourth-order valence-electron chi connectivity index (χ4n) is 3.75. The van der Waals surface area contributed by atoms with E-state index in [4.69, 9.17) is 16.3 Å². The molecule has 35 heavy (non-hydrogen) atoms. The molecule has 0 bridgehead atoms. The lowest BCUT2D eigenvalue weighted by molar-refractivity contribution is -0.117. The number of halogens is 1. The molecule has 0 saturated heterocycles. The molecule has 0 spiro atoms. The van der Waals surface area contributed by atoms with Crippen molar-refractivity contribution in [2.75, 3.05) is 12.4 Å². The van der Waals surface area contributed by atoms with E-state index in [0.717, 1.165) is 10.2 Å². The number of rotatable bonds is 6. The number of nitrogens with one attached hydrogen (secondary N) is 1. The molecule has 8 heteroatoms. The molecule has 1 N–H and O–H groups in total. The van der Waals surface area contributed by atoms with Gasteiger partial charge in [0, 0.05) is 21.8 Å². The molecule has 1 amide bonds. The molecule has 176 valence electrons. The Bertz CT molecular complexity index is 1450. The van der Waals surface area contributed by atoms with Gasteiger partial charge in [0.15, 0.2) is 0 Å². The van der Waals surface area contributed by atoms with Gasteiger partial charge in [0.25, 0.3) is 5.56 Å². The summed E-state index contributed by atoms with van der Waals surface area (Å²) in [5, 5.41) is 7.84. The zero-order chi connectivity index (χ0) is 24.9. The van der Waals surface area contributed by atoms with E-state index in [0.29, 0.717) is 33.1 Å². The van der Waals surface area contributed by atoms with Gasteiger partial charge in [0.2, 0.25) is 5.91 Å². The van der Waals surface area contributed by atoms with Crippen LogP contribution in [0.3, 0.4) is 0 Å². The minimum absolute atomic E-state index is 0.192. The van der Waals surface area contributed by atoms with Gasteiger partial charge in [-0.15, -0.1) is 0 Å². The predicted molar refractivity (Wildman–Crippen MR) is 136 cm³/mol. The van der Waals surface area contributed by atoms with Crippen LogP contribution >= 0.6 is 11.6 Å². The minimum Gasteiger partial charge on any atom is -0.465 e. The summed E-state index contributed by atoms with van der Waals surface area (Å²) in [7, 11) is 1.21. The Hall–Kier alpha value is -4.23. The smallest absolute Gasteiger partial charge is 0.344 e. The van der Waals surface area contributed by atoms with Crippen LogP contribution in [0.15, 0.2) is 83.7 Å².